The molecule has 1 heterocycles. The summed E-state index contributed by atoms with van der Waals surface area (Å²) in [5.41, 5.74) is 2.57. The molecular weight excluding hydrogens is 336 g/mol. The number of halogens is 1. The van der Waals surface area contributed by atoms with Gasteiger partial charge in [0.25, 0.3) is 0 Å². The molecule has 1 aliphatic heterocycles. The third-order valence-electron chi connectivity index (χ3n) is 4.64. The Morgan fingerprint density at radius 2 is 1.80 bits per heavy atom. The molecule has 5 heteroatoms. The first-order chi connectivity index (χ1) is 11.9. The van der Waals surface area contributed by atoms with Gasteiger partial charge in [-0.3, -0.25) is 9.59 Å². The lowest BCUT2D eigenvalue weighted by atomic mass is 9.90. The van der Waals surface area contributed by atoms with Gasteiger partial charge >= 0.3 is 0 Å². The van der Waals surface area contributed by atoms with Gasteiger partial charge in [0.05, 0.1) is 6.04 Å². The summed E-state index contributed by atoms with van der Waals surface area (Å²) in [6.07, 6.45) is 0.654. The van der Waals surface area contributed by atoms with Crippen LogP contribution in [0.2, 0.25) is 5.02 Å². The second-order valence-corrected chi connectivity index (χ2v) is 6.85. The van der Waals surface area contributed by atoms with Crippen LogP contribution in [0.4, 0.5) is 11.4 Å². The van der Waals surface area contributed by atoms with Gasteiger partial charge in [-0.15, -0.1) is 0 Å². The summed E-state index contributed by atoms with van der Waals surface area (Å²) in [7, 11) is 0. The fourth-order valence-corrected chi connectivity index (χ4v) is 3.88. The number of anilines is 2. The molecule has 25 heavy (non-hydrogen) atoms. The fourth-order valence-electron chi connectivity index (χ4n) is 3.70. The first kappa shape index (κ1) is 17.5. The van der Waals surface area contributed by atoms with E-state index in [2.05, 4.69) is 0 Å². The summed E-state index contributed by atoms with van der Waals surface area (Å²) >= 11 is 6.23. The quantitative estimate of drug-likeness (QED) is 0.790. The summed E-state index contributed by atoms with van der Waals surface area (Å²) in [6.45, 7) is 5.14. The van der Waals surface area contributed by atoms with Crippen LogP contribution in [-0.2, 0) is 9.59 Å². The number of fused-ring (bicyclic) bond motifs is 1. The van der Waals surface area contributed by atoms with E-state index in [9.17, 15) is 9.59 Å². The maximum Gasteiger partial charge on any atom is 0.224 e. The lowest BCUT2D eigenvalue weighted by molar-refractivity contribution is -0.117. The molecule has 0 saturated carbocycles. The summed E-state index contributed by atoms with van der Waals surface area (Å²) in [5, 5.41) is 0.596. The highest BCUT2D eigenvalue weighted by Crippen LogP contribution is 2.43. The van der Waals surface area contributed by atoms with Crippen LogP contribution < -0.4 is 9.80 Å². The van der Waals surface area contributed by atoms with Gasteiger partial charge in [-0.2, -0.15) is 0 Å². The van der Waals surface area contributed by atoms with Crippen molar-refractivity contribution in [2.45, 2.75) is 39.3 Å². The Morgan fingerprint density at radius 3 is 2.40 bits per heavy atom. The largest absolute Gasteiger partial charge is 0.309 e. The van der Waals surface area contributed by atoms with E-state index in [1.54, 1.807) is 29.7 Å². The van der Waals surface area contributed by atoms with Crippen LogP contribution in [0, 0.1) is 0 Å². The molecule has 2 amide bonds. The molecule has 0 radical (unpaired) electrons. The number of carbonyl (C=O) groups is 2. The molecule has 3 rings (SSSR count). The second-order valence-electron chi connectivity index (χ2n) is 6.42. The lowest BCUT2D eigenvalue weighted by Crippen LogP contribution is -2.46. The summed E-state index contributed by atoms with van der Waals surface area (Å²) < 4.78 is 0. The molecule has 0 N–H and O–H groups in total. The zero-order valence-electron chi connectivity index (χ0n) is 14.6. The zero-order chi connectivity index (χ0) is 18.1. The molecule has 1 aliphatic rings. The lowest BCUT2D eigenvalue weighted by Gasteiger charge is -2.43. The molecule has 2 aromatic rings. The molecule has 0 aromatic heterocycles. The Hall–Kier alpha value is -2.33. The molecule has 4 nitrogen and oxygen atoms in total. The van der Waals surface area contributed by atoms with E-state index in [4.69, 9.17) is 11.6 Å². The van der Waals surface area contributed by atoms with Gasteiger partial charge in [0.2, 0.25) is 11.8 Å². The van der Waals surface area contributed by atoms with Gasteiger partial charge in [0.1, 0.15) is 0 Å². The van der Waals surface area contributed by atoms with E-state index in [-0.39, 0.29) is 23.9 Å². The van der Waals surface area contributed by atoms with Crippen LogP contribution in [0.1, 0.15) is 38.8 Å². The van der Waals surface area contributed by atoms with E-state index in [1.807, 2.05) is 49.4 Å². The van der Waals surface area contributed by atoms with Crippen molar-refractivity contribution >= 4 is 34.8 Å². The van der Waals surface area contributed by atoms with Crippen molar-refractivity contribution in [1.29, 1.82) is 0 Å². The molecule has 0 unspecified atom stereocenters. The molecule has 2 atom stereocenters. The van der Waals surface area contributed by atoms with E-state index < -0.39 is 0 Å². The normalized spacial score (nSPS) is 19.3. The predicted octanol–water partition coefficient (Wildman–Crippen LogP) is 4.58. The Labute approximate surface area is 153 Å². The van der Waals surface area contributed by atoms with E-state index in [0.717, 1.165) is 16.9 Å². The average molecular weight is 357 g/mol. The number of rotatable bonds is 2. The molecule has 2 aromatic carbocycles. The third-order valence-corrected chi connectivity index (χ3v) is 4.87. The Bertz CT molecular complexity index is 807. The minimum absolute atomic E-state index is 0.0105. The maximum absolute atomic E-state index is 12.5. The first-order valence-electron chi connectivity index (χ1n) is 8.34. The van der Waals surface area contributed by atoms with Crippen molar-refractivity contribution in [1.82, 2.24) is 0 Å². The Morgan fingerprint density at radius 1 is 1.12 bits per heavy atom. The number of nitrogens with zero attached hydrogens (tertiary/aromatic N) is 2. The summed E-state index contributed by atoms with van der Waals surface area (Å²) in [5.74, 6) is -0.0470. The van der Waals surface area contributed by atoms with E-state index in [0.29, 0.717) is 11.4 Å². The molecular formula is C20H21ClN2O2. The highest BCUT2D eigenvalue weighted by molar-refractivity contribution is 6.30. The average Bonchev–Trinajstić information content (AvgIpc) is 2.55. The topological polar surface area (TPSA) is 40.6 Å². The van der Waals surface area contributed by atoms with Gasteiger partial charge in [-0.05, 0) is 43.7 Å². The maximum atomic E-state index is 12.5. The fraction of sp³-hybridized carbons (Fsp3) is 0.300. The number of para-hydroxylation sites is 1. The SMILES string of the molecule is CC(=O)N1c2ccc(Cl)cc2[C@@H](N(C(C)=O)c2ccccc2)C[C@H]1C. The molecule has 0 fully saturated rings. The summed E-state index contributed by atoms with van der Waals surface area (Å²) in [6, 6.07) is 14.9. The van der Waals surface area contributed by atoms with Crippen molar-refractivity contribution in [3.63, 3.8) is 0 Å². The van der Waals surface area contributed by atoms with Gasteiger partial charge in [0, 0.05) is 41.9 Å². The van der Waals surface area contributed by atoms with Crippen LogP contribution in [-0.4, -0.2) is 17.9 Å². The van der Waals surface area contributed by atoms with E-state index >= 15 is 0 Å². The van der Waals surface area contributed by atoms with E-state index in [1.165, 1.54) is 0 Å². The zero-order valence-corrected chi connectivity index (χ0v) is 15.3. The van der Waals surface area contributed by atoms with Gasteiger partial charge < -0.3 is 9.80 Å². The van der Waals surface area contributed by atoms with Crippen molar-refractivity contribution < 1.29 is 9.59 Å². The second kappa shape index (κ2) is 6.89. The standard InChI is InChI=1S/C20H21ClN2O2/c1-13-11-20(23(15(3)25)17-7-5-4-6-8-17)18-12-16(21)9-10-19(18)22(13)14(2)24/h4-10,12-13,20H,11H2,1-3H3/t13-,20+/m1/s1. The molecule has 0 bridgehead atoms. The van der Waals surface area contributed by atoms with Crippen LogP contribution in [0.25, 0.3) is 0 Å². The minimum Gasteiger partial charge on any atom is -0.309 e. The Balaban J connectivity index is 2.15. The third kappa shape index (κ3) is 3.27. The monoisotopic (exact) mass is 356 g/mol. The number of benzene rings is 2. The summed E-state index contributed by atoms with van der Waals surface area (Å²) in [4.78, 5) is 28.2. The molecule has 130 valence electrons. The number of amides is 2. The highest BCUT2D eigenvalue weighted by atomic mass is 35.5. The van der Waals surface area contributed by atoms with Gasteiger partial charge in [0.15, 0.2) is 0 Å². The molecule has 0 spiro atoms. The van der Waals surface area contributed by atoms with Crippen molar-refractivity contribution in [2.75, 3.05) is 9.80 Å². The van der Waals surface area contributed by atoms with Crippen LogP contribution in [0.3, 0.4) is 0 Å². The van der Waals surface area contributed by atoms with Crippen LogP contribution in [0.15, 0.2) is 48.5 Å². The number of carbonyl (C=O) groups excluding carboxylic acids is 2. The number of hydrogen-bond donors (Lipinski definition) is 0. The minimum atomic E-state index is -0.167. The van der Waals surface area contributed by atoms with Crippen LogP contribution >= 0.6 is 11.6 Å². The van der Waals surface area contributed by atoms with Gasteiger partial charge in [-0.1, -0.05) is 29.8 Å². The van der Waals surface area contributed by atoms with Crippen LogP contribution in [0.5, 0.6) is 0 Å². The Kier molecular flexibility index (Phi) is 4.82. The highest BCUT2D eigenvalue weighted by Gasteiger charge is 2.37. The molecule has 0 saturated heterocycles. The van der Waals surface area contributed by atoms with Crippen molar-refractivity contribution in [3.05, 3.63) is 59.1 Å². The number of hydrogen-bond acceptors (Lipinski definition) is 2. The molecule has 0 aliphatic carbocycles. The predicted molar refractivity (Wildman–Crippen MR) is 101 cm³/mol. The first-order valence-corrected chi connectivity index (χ1v) is 8.72. The van der Waals surface area contributed by atoms with Crippen molar-refractivity contribution in [3.8, 4) is 0 Å². The van der Waals surface area contributed by atoms with Crippen molar-refractivity contribution in [2.24, 2.45) is 0 Å². The van der Waals surface area contributed by atoms with Gasteiger partial charge in [-0.25, -0.2) is 0 Å². The smallest absolute Gasteiger partial charge is 0.224 e.